The summed E-state index contributed by atoms with van der Waals surface area (Å²) in [5.41, 5.74) is 1.65. The topological polar surface area (TPSA) is 72.0 Å². The van der Waals surface area contributed by atoms with Gasteiger partial charge in [-0.15, -0.1) is 0 Å². The molecule has 1 N–H and O–H groups in total. The fourth-order valence-corrected chi connectivity index (χ4v) is 6.64. The lowest BCUT2D eigenvalue weighted by Crippen LogP contribution is -3.18. The SMILES string of the molecule is Cc1c(C(=O)N2CC[NH+]([C@H]3CCS(=O)(=O)C3)CC2)oc2c1ccc1ccccc12. The molecule has 152 valence electrons. The van der Waals surface area contributed by atoms with Gasteiger partial charge in [-0.1, -0.05) is 36.4 Å². The van der Waals surface area contributed by atoms with Gasteiger partial charge in [-0.3, -0.25) is 4.79 Å². The second-order valence-electron chi connectivity index (χ2n) is 8.27. The van der Waals surface area contributed by atoms with Crippen LogP contribution in [0, 0.1) is 6.92 Å². The number of benzene rings is 2. The van der Waals surface area contributed by atoms with Gasteiger partial charge in [0, 0.05) is 22.8 Å². The molecule has 2 aliphatic rings. The number of rotatable bonds is 2. The fraction of sp³-hybridized carbons (Fsp3) is 0.409. The van der Waals surface area contributed by atoms with Crippen LogP contribution in [-0.2, 0) is 9.84 Å². The van der Waals surface area contributed by atoms with E-state index in [0.717, 1.165) is 46.8 Å². The van der Waals surface area contributed by atoms with Crippen molar-refractivity contribution in [1.82, 2.24) is 4.90 Å². The summed E-state index contributed by atoms with van der Waals surface area (Å²) in [4.78, 5) is 16.3. The summed E-state index contributed by atoms with van der Waals surface area (Å²) in [7, 11) is -2.87. The van der Waals surface area contributed by atoms with Crippen molar-refractivity contribution in [2.24, 2.45) is 0 Å². The average molecular weight is 414 g/mol. The van der Waals surface area contributed by atoms with Crippen LogP contribution >= 0.6 is 0 Å². The van der Waals surface area contributed by atoms with Gasteiger partial charge in [0.15, 0.2) is 15.6 Å². The summed E-state index contributed by atoms with van der Waals surface area (Å²) in [6.07, 6.45) is 0.737. The Kier molecular flexibility index (Phi) is 4.40. The molecular weight excluding hydrogens is 388 g/mol. The highest BCUT2D eigenvalue weighted by Crippen LogP contribution is 2.32. The molecule has 0 unspecified atom stereocenters. The molecule has 7 heteroatoms. The van der Waals surface area contributed by atoms with Gasteiger partial charge in [0.05, 0.1) is 31.9 Å². The summed E-state index contributed by atoms with van der Waals surface area (Å²) < 4.78 is 29.6. The van der Waals surface area contributed by atoms with Crippen LogP contribution in [0.3, 0.4) is 0 Å². The molecule has 0 spiro atoms. The molecule has 0 bridgehead atoms. The highest BCUT2D eigenvalue weighted by atomic mass is 32.2. The Balaban J connectivity index is 1.37. The van der Waals surface area contributed by atoms with E-state index in [-0.39, 0.29) is 17.7 Å². The third kappa shape index (κ3) is 3.22. The quantitative estimate of drug-likeness (QED) is 0.690. The Hall–Kier alpha value is -2.38. The maximum absolute atomic E-state index is 13.2. The number of carbonyl (C=O) groups excluding carboxylic acids is 1. The first kappa shape index (κ1) is 18.6. The van der Waals surface area contributed by atoms with Crippen LogP contribution in [0.4, 0.5) is 0 Å². The van der Waals surface area contributed by atoms with E-state index in [9.17, 15) is 13.2 Å². The van der Waals surface area contributed by atoms with Gasteiger partial charge in [0.1, 0.15) is 17.4 Å². The van der Waals surface area contributed by atoms with Crippen molar-refractivity contribution >= 4 is 37.5 Å². The molecule has 3 aromatic rings. The molecule has 0 aliphatic carbocycles. The van der Waals surface area contributed by atoms with Gasteiger partial charge >= 0.3 is 0 Å². The van der Waals surface area contributed by atoms with E-state index in [2.05, 4.69) is 6.07 Å². The van der Waals surface area contributed by atoms with Crippen molar-refractivity contribution < 1.29 is 22.5 Å². The van der Waals surface area contributed by atoms with Crippen LogP contribution in [0.15, 0.2) is 40.8 Å². The molecule has 2 aromatic carbocycles. The lowest BCUT2D eigenvalue weighted by molar-refractivity contribution is -0.925. The number of nitrogens with zero attached hydrogens (tertiary/aromatic N) is 1. The molecule has 6 nitrogen and oxygen atoms in total. The molecule has 5 rings (SSSR count). The van der Waals surface area contributed by atoms with E-state index in [4.69, 9.17) is 4.42 Å². The van der Waals surface area contributed by atoms with Gasteiger partial charge in [0.25, 0.3) is 5.91 Å². The van der Waals surface area contributed by atoms with Crippen molar-refractivity contribution in [3.8, 4) is 0 Å². The van der Waals surface area contributed by atoms with Crippen molar-refractivity contribution in [2.45, 2.75) is 19.4 Å². The van der Waals surface area contributed by atoms with Gasteiger partial charge in [-0.2, -0.15) is 0 Å². The lowest BCUT2D eigenvalue weighted by Gasteiger charge is -2.34. The van der Waals surface area contributed by atoms with Crippen LogP contribution < -0.4 is 4.90 Å². The number of hydrogen-bond acceptors (Lipinski definition) is 4. The normalized spacial score (nSPS) is 22.5. The number of carbonyl (C=O) groups is 1. The number of aryl methyl sites for hydroxylation is 1. The molecule has 1 atom stereocenters. The predicted molar refractivity (Wildman–Crippen MR) is 112 cm³/mol. The number of hydrogen-bond donors (Lipinski definition) is 1. The predicted octanol–water partition coefficient (Wildman–Crippen LogP) is 1.42. The number of sulfone groups is 1. The zero-order valence-corrected chi connectivity index (χ0v) is 17.3. The minimum absolute atomic E-state index is 0.0686. The first-order valence-electron chi connectivity index (χ1n) is 10.2. The van der Waals surface area contributed by atoms with Crippen molar-refractivity contribution in [3.05, 3.63) is 47.7 Å². The summed E-state index contributed by atoms with van der Waals surface area (Å²) in [6.45, 7) is 4.77. The standard InChI is InChI=1S/C22H24N2O4S/c1-15-18-7-6-16-4-2-3-5-19(16)21(18)28-20(15)22(25)24-11-9-23(10-12-24)17-8-13-29(26,27)14-17/h2-7,17H,8-14H2,1H3/p+1/t17-/m0/s1. The summed E-state index contributed by atoms with van der Waals surface area (Å²) >= 11 is 0. The molecule has 0 saturated carbocycles. The van der Waals surface area contributed by atoms with Crippen molar-refractivity contribution in [3.63, 3.8) is 0 Å². The Morgan fingerprint density at radius 3 is 2.59 bits per heavy atom. The number of fused-ring (bicyclic) bond motifs is 3. The van der Waals surface area contributed by atoms with Crippen molar-refractivity contribution in [1.29, 1.82) is 0 Å². The highest BCUT2D eigenvalue weighted by Gasteiger charge is 2.38. The Morgan fingerprint density at radius 2 is 1.86 bits per heavy atom. The molecule has 3 heterocycles. The number of amides is 1. The van der Waals surface area contributed by atoms with Gasteiger partial charge in [-0.05, 0) is 12.3 Å². The molecular formula is C22H25N2O4S+. The zero-order valence-electron chi connectivity index (χ0n) is 16.5. The second-order valence-corrected chi connectivity index (χ2v) is 10.5. The molecule has 2 aliphatic heterocycles. The van der Waals surface area contributed by atoms with Gasteiger partial charge in [-0.25, -0.2) is 8.42 Å². The highest BCUT2D eigenvalue weighted by molar-refractivity contribution is 7.91. The van der Waals surface area contributed by atoms with Crippen LogP contribution in [-0.4, -0.2) is 63.0 Å². The van der Waals surface area contributed by atoms with Crippen LogP contribution in [0.25, 0.3) is 21.7 Å². The number of piperazine rings is 1. The number of quaternary nitrogens is 1. The van der Waals surface area contributed by atoms with Crippen LogP contribution in [0.1, 0.15) is 22.5 Å². The monoisotopic (exact) mass is 413 g/mol. The maximum atomic E-state index is 13.2. The number of nitrogens with one attached hydrogen (secondary N) is 1. The Morgan fingerprint density at radius 1 is 1.10 bits per heavy atom. The molecule has 2 fully saturated rings. The third-order valence-electron chi connectivity index (χ3n) is 6.53. The van der Waals surface area contributed by atoms with Gasteiger partial charge < -0.3 is 14.2 Å². The zero-order chi connectivity index (χ0) is 20.2. The van der Waals surface area contributed by atoms with Crippen molar-refractivity contribution in [2.75, 3.05) is 37.7 Å². The summed E-state index contributed by atoms with van der Waals surface area (Å²) in [5, 5.41) is 3.09. The first-order chi connectivity index (χ1) is 13.9. The average Bonchev–Trinajstić information content (AvgIpc) is 3.27. The van der Waals surface area contributed by atoms with Crippen LogP contribution in [0.2, 0.25) is 0 Å². The Labute approximate surface area is 170 Å². The number of furan rings is 1. The molecule has 2 saturated heterocycles. The molecule has 1 aromatic heterocycles. The van der Waals surface area contributed by atoms with E-state index in [1.807, 2.05) is 42.2 Å². The summed E-state index contributed by atoms with van der Waals surface area (Å²) in [5.74, 6) is 0.936. The minimum atomic E-state index is -2.87. The van der Waals surface area contributed by atoms with Gasteiger partial charge in [0.2, 0.25) is 0 Å². The first-order valence-corrected chi connectivity index (χ1v) is 12.0. The van der Waals surface area contributed by atoms with E-state index in [0.29, 0.717) is 24.6 Å². The fourth-order valence-electron chi connectivity index (χ4n) is 4.82. The van der Waals surface area contributed by atoms with E-state index in [1.165, 1.54) is 4.90 Å². The third-order valence-corrected chi connectivity index (χ3v) is 8.29. The minimum Gasteiger partial charge on any atom is -0.450 e. The molecule has 1 amide bonds. The second kappa shape index (κ2) is 6.85. The Bertz CT molecular complexity index is 1210. The lowest BCUT2D eigenvalue weighted by atomic mass is 10.1. The van der Waals surface area contributed by atoms with Crippen LogP contribution in [0.5, 0.6) is 0 Å². The smallest absolute Gasteiger partial charge is 0.290 e. The molecule has 29 heavy (non-hydrogen) atoms. The van der Waals surface area contributed by atoms with E-state index < -0.39 is 9.84 Å². The molecule has 0 radical (unpaired) electrons. The maximum Gasteiger partial charge on any atom is 0.290 e. The van der Waals surface area contributed by atoms with E-state index in [1.54, 1.807) is 0 Å². The van der Waals surface area contributed by atoms with E-state index >= 15 is 0 Å². The summed E-state index contributed by atoms with van der Waals surface area (Å²) in [6, 6.07) is 12.3. The largest absolute Gasteiger partial charge is 0.450 e.